The van der Waals surface area contributed by atoms with Crippen LogP contribution >= 0.6 is 11.6 Å². The zero-order valence-corrected chi connectivity index (χ0v) is 17.2. The number of likely N-dealkylation sites (tertiary alicyclic amines) is 1. The van der Waals surface area contributed by atoms with Gasteiger partial charge in [0.15, 0.2) is 0 Å². The first-order valence-corrected chi connectivity index (χ1v) is 10.4. The minimum absolute atomic E-state index is 0.0152. The molecule has 30 heavy (non-hydrogen) atoms. The average Bonchev–Trinajstić information content (AvgIpc) is 2.97. The molecule has 6 nitrogen and oxygen atoms in total. The fourth-order valence-corrected chi connectivity index (χ4v) is 5.06. The molecule has 2 N–H and O–H groups in total. The second-order valence-corrected chi connectivity index (χ2v) is 9.58. The Bertz CT molecular complexity index is 962. The summed E-state index contributed by atoms with van der Waals surface area (Å²) in [6, 6.07) is 3.77. The standard InChI is InChI=1S/C20H23ClF3N5O/c1-19(9-30-10-19)7-29-16(3-15(27-29)11-2-14(21)18(25)26-4-11)17-12-5-28(6-13(12)17)8-20(22,23)24/h2-4,12-13,17H,5-10H2,1H3,(H2,25,26)/t12-,13+,17-. The zero-order chi connectivity index (χ0) is 21.3. The number of fused-ring (bicyclic) bond motifs is 1. The van der Waals surface area contributed by atoms with Gasteiger partial charge in [-0.25, -0.2) is 4.98 Å². The Morgan fingerprint density at radius 3 is 2.53 bits per heavy atom. The lowest BCUT2D eigenvalue weighted by Crippen LogP contribution is -2.43. The molecule has 1 saturated carbocycles. The SMILES string of the molecule is CC1(Cn2nc(-c3cnc(N)c(Cl)c3)cc2[C@@H]2[C@@H]3CN(CC(F)(F)F)C[C@@H]32)COC1. The van der Waals surface area contributed by atoms with Gasteiger partial charge in [-0.2, -0.15) is 18.3 Å². The van der Waals surface area contributed by atoms with Gasteiger partial charge in [0.05, 0.1) is 37.0 Å². The molecular weight excluding hydrogens is 419 g/mol. The van der Waals surface area contributed by atoms with Crippen LogP contribution in [0.2, 0.25) is 5.02 Å². The number of nitrogens with zero attached hydrogens (tertiary/aromatic N) is 4. The summed E-state index contributed by atoms with van der Waals surface area (Å²) in [5.41, 5.74) is 8.33. The molecule has 2 aliphatic heterocycles. The fraction of sp³-hybridized carbons (Fsp3) is 0.600. The summed E-state index contributed by atoms with van der Waals surface area (Å²) in [5.74, 6) is 0.988. The molecule has 2 aromatic heterocycles. The van der Waals surface area contributed by atoms with Gasteiger partial charge in [-0.3, -0.25) is 9.58 Å². The summed E-state index contributed by atoms with van der Waals surface area (Å²) in [5, 5.41) is 5.18. The molecule has 5 rings (SSSR count). The normalized spacial score (nSPS) is 27.7. The van der Waals surface area contributed by atoms with Gasteiger partial charge in [0.1, 0.15) is 5.82 Å². The summed E-state index contributed by atoms with van der Waals surface area (Å²) >= 11 is 6.13. The van der Waals surface area contributed by atoms with Crippen molar-refractivity contribution in [3.05, 3.63) is 29.0 Å². The first-order valence-electron chi connectivity index (χ1n) is 9.98. The van der Waals surface area contributed by atoms with E-state index >= 15 is 0 Å². The van der Waals surface area contributed by atoms with E-state index in [1.54, 1.807) is 12.3 Å². The highest BCUT2D eigenvalue weighted by Gasteiger charge is 2.58. The number of rotatable bonds is 5. The Kier molecular flexibility index (Phi) is 4.57. The minimum atomic E-state index is -4.15. The number of nitrogens with two attached hydrogens (primary N) is 1. The van der Waals surface area contributed by atoms with E-state index < -0.39 is 12.7 Å². The number of ether oxygens (including phenoxy) is 1. The first kappa shape index (κ1) is 20.1. The van der Waals surface area contributed by atoms with E-state index in [4.69, 9.17) is 27.2 Å². The molecule has 3 aliphatic rings. The minimum Gasteiger partial charge on any atom is -0.382 e. The Hall–Kier alpha value is -1.84. The molecule has 0 unspecified atom stereocenters. The van der Waals surface area contributed by atoms with Crippen molar-refractivity contribution >= 4 is 17.4 Å². The quantitative estimate of drug-likeness (QED) is 0.770. The third-order valence-corrected chi connectivity index (χ3v) is 6.73. The highest BCUT2D eigenvalue weighted by atomic mass is 35.5. The molecule has 10 heteroatoms. The van der Waals surface area contributed by atoms with Crippen LogP contribution in [-0.2, 0) is 11.3 Å². The number of nitrogen functional groups attached to an aromatic ring is 1. The highest BCUT2D eigenvalue weighted by Crippen LogP contribution is 2.59. The lowest BCUT2D eigenvalue weighted by molar-refractivity contribution is -0.144. The van der Waals surface area contributed by atoms with Crippen molar-refractivity contribution in [3.8, 4) is 11.3 Å². The van der Waals surface area contributed by atoms with Crippen molar-refractivity contribution in [1.29, 1.82) is 0 Å². The van der Waals surface area contributed by atoms with E-state index in [1.165, 1.54) is 4.90 Å². The molecule has 3 fully saturated rings. The number of halogens is 4. The molecule has 0 aromatic carbocycles. The van der Waals surface area contributed by atoms with Gasteiger partial charge in [0.2, 0.25) is 0 Å². The summed E-state index contributed by atoms with van der Waals surface area (Å²) in [6.45, 7) is 4.34. The number of piperidine rings is 1. The third-order valence-electron chi connectivity index (χ3n) is 6.42. The smallest absolute Gasteiger partial charge is 0.382 e. The highest BCUT2D eigenvalue weighted by molar-refractivity contribution is 6.33. The van der Waals surface area contributed by atoms with Crippen molar-refractivity contribution in [2.75, 3.05) is 38.6 Å². The van der Waals surface area contributed by atoms with Gasteiger partial charge in [-0.1, -0.05) is 18.5 Å². The van der Waals surface area contributed by atoms with Gasteiger partial charge >= 0.3 is 6.18 Å². The fourth-order valence-electron chi connectivity index (χ4n) is 4.89. The summed E-state index contributed by atoms with van der Waals surface area (Å²) in [6.07, 6.45) is -2.51. The monoisotopic (exact) mass is 441 g/mol. The Balaban J connectivity index is 1.40. The molecule has 3 atom stereocenters. The van der Waals surface area contributed by atoms with Crippen molar-refractivity contribution in [3.63, 3.8) is 0 Å². The van der Waals surface area contributed by atoms with Crippen LogP contribution in [0.3, 0.4) is 0 Å². The maximum absolute atomic E-state index is 12.7. The van der Waals surface area contributed by atoms with Crippen molar-refractivity contribution < 1.29 is 17.9 Å². The third kappa shape index (κ3) is 3.67. The summed E-state index contributed by atoms with van der Waals surface area (Å²) in [7, 11) is 0. The first-order chi connectivity index (χ1) is 14.1. The second kappa shape index (κ2) is 6.83. The number of hydrogen-bond donors (Lipinski definition) is 1. The van der Waals surface area contributed by atoms with Crippen LogP contribution in [0.1, 0.15) is 18.5 Å². The topological polar surface area (TPSA) is 69.2 Å². The predicted octanol–water partition coefficient (Wildman–Crippen LogP) is 3.42. The number of hydrogen-bond acceptors (Lipinski definition) is 5. The van der Waals surface area contributed by atoms with Crippen molar-refractivity contribution in [1.82, 2.24) is 19.7 Å². The molecule has 1 aliphatic carbocycles. The van der Waals surface area contributed by atoms with E-state index in [0.29, 0.717) is 37.9 Å². The summed E-state index contributed by atoms with van der Waals surface area (Å²) in [4.78, 5) is 5.63. The molecule has 2 saturated heterocycles. The van der Waals surface area contributed by atoms with E-state index in [9.17, 15) is 13.2 Å². The van der Waals surface area contributed by atoms with Crippen LogP contribution < -0.4 is 5.73 Å². The van der Waals surface area contributed by atoms with E-state index in [0.717, 1.165) is 17.0 Å². The Labute approximate surface area is 177 Å². The van der Waals surface area contributed by atoms with Crippen LogP contribution in [0.4, 0.5) is 19.0 Å². The molecule has 0 spiro atoms. The number of alkyl halides is 3. The van der Waals surface area contributed by atoms with Crippen LogP contribution in [0, 0.1) is 17.3 Å². The molecule has 0 radical (unpaired) electrons. The predicted molar refractivity (Wildman–Crippen MR) is 106 cm³/mol. The van der Waals surface area contributed by atoms with Crippen LogP contribution in [0.15, 0.2) is 18.3 Å². The van der Waals surface area contributed by atoms with Gasteiger partial charge < -0.3 is 10.5 Å². The maximum atomic E-state index is 12.7. The molecular formula is C20H23ClF3N5O. The van der Waals surface area contributed by atoms with Crippen LogP contribution in [0.25, 0.3) is 11.3 Å². The molecule has 162 valence electrons. The van der Waals surface area contributed by atoms with Gasteiger partial charge in [0, 0.05) is 41.9 Å². The van der Waals surface area contributed by atoms with Crippen LogP contribution in [0.5, 0.6) is 0 Å². The maximum Gasteiger partial charge on any atom is 0.401 e. The van der Waals surface area contributed by atoms with Crippen molar-refractivity contribution in [2.45, 2.75) is 25.6 Å². The van der Waals surface area contributed by atoms with E-state index in [2.05, 4.69) is 11.9 Å². The zero-order valence-electron chi connectivity index (χ0n) is 16.5. The van der Waals surface area contributed by atoms with Gasteiger partial charge in [0.25, 0.3) is 0 Å². The van der Waals surface area contributed by atoms with E-state index in [1.807, 2.05) is 10.7 Å². The Morgan fingerprint density at radius 1 is 1.27 bits per heavy atom. The van der Waals surface area contributed by atoms with Crippen LogP contribution in [-0.4, -0.2) is 58.7 Å². The van der Waals surface area contributed by atoms with Crippen molar-refractivity contribution in [2.24, 2.45) is 17.3 Å². The number of aromatic nitrogens is 3. The largest absolute Gasteiger partial charge is 0.401 e. The lowest BCUT2D eigenvalue weighted by atomic mass is 9.88. The Morgan fingerprint density at radius 2 is 1.97 bits per heavy atom. The number of anilines is 1. The summed E-state index contributed by atoms with van der Waals surface area (Å²) < 4.78 is 45.6. The van der Waals surface area contributed by atoms with Gasteiger partial charge in [-0.05, 0) is 24.0 Å². The molecule has 0 bridgehead atoms. The second-order valence-electron chi connectivity index (χ2n) is 9.17. The van der Waals surface area contributed by atoms with Gasteiger partial charge in [-0.15, -0.1) is 0 Å². The average molecular weight is 442 g/mol. The molecule has 0 amide bonds. The van der Waals surface area contributed by atoms with E-state index in [-0.39, 0.29) is 29.0 Å². The number of pyridine rings is 1. The molecule has 4 heterocycles. The molecule has 2 aromatic rings. The lowest BCUT2D eigenvalue weighted by Gasteiger charge is -2.38.